The molecule has 15 heavy (non-hydrogen) atoms. The van der Waals surface area contributed by atoms with Gasteiger partial charge in [0.2, 0.25) is 0 Å². The molecule has 0 bridgehead atoms. The molecule has 0 aromatic heterocycles. The van der Waals surface area contributed by atoms with Gasteiger partial charge in [-0.1, -0.05) is 37.8 Å². The molecule has 0 amide bonds. The Morgan fingerprint density at radius 3 is 2.67 bits per heavy atom. The van der Waals surface area contributed by atoms with E-state index in [2.05, 4.69) is 25.7 Å². The Morgan fingerprint density at radius 1 is 1.33 bits per heavy atom. The standard InChI is InChI=1S/C13H20OSi/c1-15(2,3)9-11-8-13(11)10-5-4-6-12(14)7-10/h4-7,11,13-14H,8-9H2,1-3H3. The second-order valence-electron chi connectivity index (χ2n) is 5.96. The van der Waals surface area contributed by atoms with Gasteiger partial charge in [0.1, 0.15) is 5.75 Å². The molecule has 1 saturated carbocycles. The highest BCUT2D eigenvalue weighted by Gasteiger charge is 2.40. The summed E-state index contributed by atoms with van der Waals surface area (Å²) in [5, 5.41) is 9.42. The van der Waals surface area contributed by atoms with Crippen LogP contribution < -0.4 is 0 Å². The van der Waals surface area contributed by atoms with E-state index in [1.807, 2.05) is 12.1 Å². The zero-order valence-corrected chi connectivity index (χ0v) is 10.8. The van der Waals surface area contributed by atoms with Crippen molar-refractivity contribution in [3.8, 4) is 5.75 Å². The molecular weight excluding hydrogens is 200 g/mol. The SMILES string of the molecule is C[Si](C)(C)CC1CC1c1cccc(O)c1. The van der Waals surface area contributed by atoms with Crippen LogP contribution in [0, 0.1) is 5.92 Å². The van der Waals surface area contributed by atoms with Gasteiger partial charge in [-0.3, -0.25) is 0 Å². The van der Waals surface area contributed by atoms with Crippen LogP contribution in [-0.2, 0) is 0 Å². The number of phenolic OH excluding ortho intramolecular Hbond substituents is 1. The molecule has 0 spiro atoms. The molecule has 2 unspecified atom stereocenters. The second-order valence-corrected chi connectivity index (χ2v) is 11.5. The number of hydrogen-bond donors (Lipinski definition) is 1. The number of hydrogen-bond acceptors (Lipinski definition) is 1. The largest absolute Gasteiger partial charge is 0.508 e. The molecule has 0 saturated heterocycles. The summed E-state index contributed by atoms with van der Waals surface area (Å²) < 4.78 is 0. The van der Waals surface area contributed by atoms with Gasteiger partial charge < -0.3 is 5.11 Å². The molecule has 0 radical (unpaired) electrons. The van der Waals surface area contributed by atoms with Gasteiger partial charge in [-0.05, 0) is 36.0 Å². The molecule has 1 fully saturated rings. The van der Waals surface area contributed by atoms with Crippen LogP contribution in [0.3, 0.4) is 0 Å². The van der Waals surface area contributed by atoms with E-state index in [1.165, 1.54) is 18.0 Å². The molecule has 1 aliphatic carbocycles. The number of rotatable bonds is 3. The Bertz CT molecular complexity index is 354. The normalized spacial score (nSPS) is 25.3. The average molecular weight is 220 g/mol. The van der Waals surface area contributed by atoms with E-state index in [9.17, 15) is 5.11 Å². The number of phenols is 1. The lowest BCUT2D eigenvalue weighted by Crippen LogP contribution is -2.20. The van der Waals surface area contributed by atoms with Crippen molar-refractivity contribution in [1.82, 2.24) is 0 Å². The van der Waals surface area contributed by atoms with Crippen LogP contribution in [0.2, 0.25) is 25.7 Å². The third-order valence-corrected chi connectivity index (χ3v) is 4.84. The zero-order valence-electron chi connectivity index (χ0n) is 9.83. The van der Waals surface area contributed by atoms with Crippen LogP contribution in [0.4, 0.5) is 0 Å². The van der Waals surface area contributed by atoms with Crippen LogP contribution >= 0.6 is 0 Å². The van der Waals surface area contributed by atoms with Crippen LogP contribution in [-0.4, -0.2) is 13.2 Å². The average Bonchev–Trinajstić information content (AvgIpc) is 2.80. The molecule has 0 heterocycles. The summed E-state index contributed by atoms with van der Waals surface area (Å²) in [4.78, 5) is 0. The van der Waals surface area contributed by atoms with Gasteiger partial charge in [0.15, 0.2) is 0 Å². The Hall–Kier alpha value is -0.763. The molecular formula is C13H20OSi. The van der Waals surface area contributed by atoms with Gasteiger partial charge in [-0.2, -0.15) is 0 Å². The summed E-state index contributed by atoms with van der Waals surface area (Å²) in [6.45, 7) is 7.31. The van der Waals surface area contributed by atoms with Crippen LogP contribution in [0.25, 0.3) is 0 Å². The first-order valence-corrected chi connectivity index (χ1v) is 9.45. The van der Waals surface area contributed by atoms with E-state index in [4.69, 9.17) is 0 Å². The Balaban J connectivity index is 1.99. The first-order chi connectivity index (χ1) is 6.96. The van der Waals surface area contributed by atoms with Gasteiger partial charge in [-0.25, -0.2) is 0 Å². The van der Waals surface area contributed by atoms with Crippen molar-refractivity contribution in [3.05, 3.63) is 29.8 Å². The zero-order chi connectivity index (χ0) is 11.1. The molecule has 2 rings (SSSR count). The molecule has 1 aromatic carbocycles. The fraction of sp³-hybridized carbons (Fsp3) is 0.538. The third-order valence-electron chi connectivity index (χ3n) is 3.10. The van der Waals surface area contributed by atoms with E-state index in [0.717, 1.165) is 11.8 Å². The van der Waals surface area contributed by atoms with Gasteiger partial charge in [0.05, 0.1) is 0 Å². The van der Waals surface area contributed by atoms with E-state index >= 15 is 0 Å². The van der Waals surface area contributed by atoms with Gasteiger partial charge in [-0.15, -0.1) is 0 Å². The molecule has 2 heteroatoms. The molecule has 82 valence electrons. The van der Waals surface area contributed by atoms with Crippen molar-refractivity contribution < 1.29 is 5.11 Å². The lowest BCUT2D eigenvalue weighted by Gasteiger charge is -2.15. The lowest BCUT2D eigenvalue weighted by molar-refractivity contribution is 0.474. The fourth-order valence-electron chi connectivity index (χ4n) is 2.42. The highest BCUT2D eigenvalue weighted by molar-refractivity contribution is 6.76. The molecule has 2 atom stereocenters. The summed E-state index contributed by atoms with van der Waals surface area (Å²) >= 11 is 0. The Morgan fingerprint density at radius 2 is 2.07 bits per heavy atom. The summed E-state index contributed by atoms with van der Waals surface area (Å²) in [5.74, 6) is 2.02. The van der Waals surface area contributed by atoms with Crippen molar-refractivity contribution in [3.63, 3.8) is 0 Å². The maximum Gasteiger partial charge on any atom is 0.115 e. The lowest BCUT2D eigenvalue weighted by atomic mass is 10.1. The monoisotopic (exact) mass is 220 g/mol. The Labute approximate surface area is 93.2 Å². The first-order valence-electron chi connectivity index (χ1n) is 5.75. The molecule has 1 N–H and O–H groups in total. The van der Waals surface area contributed by atoms with Crippen molar-refractivity contribution in [2.45, 2.75) is 38.0 Å². The predicted octanol–water partition coefficient (Wildman–Crippen LogP) is 3.83. The van der Waals surface area contributed by atoms with Crippen LogP contribution in [0.15, 0.2) is 24.3 Å². The first kappa shape index (κ1) is 10.7. The van der Waals surface area contributed by atoms with E-state index in [-0.39, 0.29) is 0 Å². The minimum absolute atomic E-state index is 0.408. The second kappa shape index (κ2) is 3.67. The van der Waals surface area contributed by atoms with Crippen molar-refractivity contribution in [1.29, 1.82) is 0 Å². The summed E-state index contributed by atoms with van der Waals surface area (Å²) in [6, 6.07) is 9.20. The Kier molecular flexibility index (Phi) is 2.63. The van der Waals surface area contributed by atoms with Crippen LogP contribution in [0.5, 0.6) is 5.75 Å². The van der Waals surface area contributed by atoms with Gasteiger partial charge >= 0.3 is 0 Å². The smallest absolute Gasteiger partial charge is 0.115 e. The molecule has 0 aliphatic heterocycles. The molecule has 1 nitrogen and oxygen atoms in total. The quantitative estimate of drug-likeness (QED) is 0.767. The maximum absolute atomic E-state index is 9.42. The van der Waals surface area contributed by atoms with Crippen molar-refractivity contribution in [2.24, 2.45) is 5.92 Å². The van der Waals surface area contributed by atoms with E-state index in [0.29, 0.717) is 5.75 Å². The number of aromatic hydroxyl groups is 1. The molecule has 1 aromatic rings. The highest BCUT2D eigenvalue weighted by Crippen LogP contribution is 2.52. The van der Waals surface area contributed by atoms with Crippen molar-refractivity contribution >= 4 is 8.07 Å². The summed E-state index contributed by atoms with van der Waals surface area (Å²) in [7, 11) is -0.909. The van der Waals surface area contributed by atoms with E-state index in [1.54, 1.807) is 6.07 Å². The number of benzene rings is 1. The van der Waals surface area contributed by atoms with E-state index < -0.39 is 8.07 Å². The highest BCUT2D eigenvalue weighted by atomic mass is 28.3. The van der Waals surface area contributed by atoms with Crippen LogP contribution in [0.1, 0.15) is 17.9 Å². The van der Waals surface area contributed by atoms with Crippen molar-refractivity contribution in [2.75, 3.05) is 0 Å². The van der Waals surface area contributed by atoms with Gasteiger partial charge in [0.25, 0.3) is 0 Å². The topological polar surface area (TPSA) is 20.2 Å². The summed E-state index contributed by atoms with van der Waals surface area (Å²) in [5.41, 5.74) is 1.33. The minimum Gasteiger partial charge on any atom is -0.508 e. The summed E-state index contributed by atoms with van der Waals surface area (Å²) in [6.07, 6.45) is 1.33. The molecule has 1 aliphatic rings. The van der Waals surface area contributed by atoms with Gasteiger partial charge in [0, 0.05) is 8.07 Å². The maximum atomic E-state index is 9.42. The third kappa shape index (κ3) is 2.85. The fourth-order valence-corrected chi connectivity index (χ4v) is 4.45. The predicted molar refractivity (Wildman–Crippen MR) is 67.1 cm³/mol. The minimum atomic E-state index is -0.909.